The normalized spacial score (nSPS) is 13.8. The summed E-state index contributed by atoms with van der Waals surface area (Å²) in [7, 11) is 0. The van der Waals surface area contributed by atoms with Crippen LogP contribution in [0.25, 0.3) is 0 Å². The molecule has 0 aliphatic heterocycles. The van der Waals surface area contributed by atoms with Crippen LogP contribution in [0.3, 0.4) is 0 Å². The Kier molecular flexibility index (Phi) is 45.4. The number of rotatable bonds is 42. The van der Waals surface area contributed by atoms with Crippen molar-refractivity contribution in [1.29, 1.82) is 0 Å². The Bertz CT molecular complexity index is 1080. The van der Waals surface area contributed by atoms with E-state index in [1.807, 2.05) is 6.08 Å². The quantitative estimate of drug-likeness (QED) is 0.0426. The zero-order valence-electron chi connectivity index (χ0n) is 37.3. The van der Waals surface area contributed by atoms with Gasteiger partial charge in [-0.1, -0.05) is 220 Å². The van der Waals surface area contributed by atoms with Gasteiger partial charge in [0.25, 0.3) is 0 Å². The Morgan fingerprint density at radius 1 is 0.439 bits per heavy atom. The van der Waals surface area contributed by atoms with Gasteiger partial charge in [0, 0.05) is 6.42 Å². The molecule has 0 spiro atoms. The second kappa shape index (κ2) is 47.7. The largest absolute Gasteiger partial charge is 0.394 e. The summed E-state index contributed by atoms with van der Waals surface area (Å²) in [6.07, 6.45) is 71.2. The average Bonchev–Trinajstić information content (AvgIpc) is 3.22. The Morgan fingerprint density at radius 2 is 0.789 bits per heavy atom. The number of carbonyl (C=O) groups excluding carboxylic acids is 1. The number of aliphatic hydroxyl groups excluding tert-OH is 2. The van der Waals surface area contributed by atoms with Gasteiger partial charge in [0.2, 0.25) is 5.91 Å². The summed E-state index contributed by atoms with van der Waals surface area (Å²) in [4.78, 5) is 12.4. The Labute approximate surface area is 353 Å². The van der Waals surface area contributed by atoms with Gasteiger partial charge < -0.3 is 15.5 Å². The molecule has 2 atom stereocenters. The van der Waals surface area contributed by atoms with Gasteiger partial charge in [-0.05, 0) is 83.5 Å². The number of nitrogens with one attached hydrogen (secondary N) is 1. The highest BCUT2D eigenvalue weighted by Crippen LogP contribution is 2.15. The molecule has 0 rings (SSSR count). The fraction of sp³-hybridized carbons (Fsp3) is 0.679. The molecule has 1 amide bonds. The first kappa shape index (κ1) is 54.3. The second-order valence-electron chi connectivity index (χ2n) is 15.8. The fourth-order valence-electron chi connectivity index (χ4n) is 6.66. The van der Waals surface area contributed by atoms with Crippen molar-refractivity contribution < 1.29 is 15.0 Å². The summed E-state index contributed by atoms with van der Waals surface area (Å²) in [5, 5.41) is 23.0. The summed E-state index contributed by atoms with van der Waals surface area (Å²) < 4.78 is 0. The third-order valence-electron chi connectivity index (χ3n) is 10.3. The summed E-state index contributed by atoms with van der Waals surface area (Å²) in [6.45, 7) is 4.15. The molecule has 0 saturated carbocycles. The predicted molar refractivity (Wildman–Crippen MR) is 253 cm³/mol. The van der Waals surface area contributed by atoms with Crippen LogP contribution in [-0.4, -0.2) is 34.9 Å². The number of allylic oxidation sites excluding steroid dienone is 15. The van der Waals surface area contributed by atoms with E-state index in [0.29, 0.717) is 6.42 Å². The number of carbonyl (C=O) groups is 1. The van der Waals surface area contributed by atoms with Gasteiger partial charge in [0.1, 0.15) is 0 Å². The monoisotopic (exact) mass is 790 g/mol. The van der Waals surface area contributed by atoms with E-state index in [4.69, 9.17) is 0 Å². The standard InChI is InChI=1S/C53H91NO3/c1-3-5-7-9-11-13-15-17-19-21-22-23-24-25-26-27-28-29-30-31-33-34-36-38-40-42-44-46-48-52(56)51(50-55)54-53(57)49-47-45-43-41-39-37-35-32-20-18-16-14-12-10-8-6-4-2/h6,8,12,14,18,20,31,33,35,37-38,40-41,43,46,48,51-52,55-56H,3-5,7,9-11,13,15-17,19,21-30,32,34,36,39,42,44-45,47,49-50H2,1-2H3,(H,54,57)/b8-6-,14-12-,20-18-,33-31+,37-35-,40-38+,43-41-,48-46+. The Balaban J connectivity index is 3.69. The van der Waals surface area contributed by atoms with E-state index in [0.717, 1.165) is 70.6 Å². The molecule has 0 saturated heterocycles. The van der Waals surface area contributed by atoms with Crippen molar-refractivity contribution >= 4 is 5.91 Å². The highest BCUT2D eigenvalue weighted by Gasteiger charge is 2.17. The van der Waals surface area contributed by atoms with Crippen LogP contribution in [-0.2, 0) is 4.79 Å². The molecular formula is C53H91NO3. The van der Waals surface area contributed by atoms with Crippen molar-refractivity contribution in [3.05, 3.63) is 97.2 Å². The van der Waals surface area contributed by atoms with Crippen molar-refractivity contribution in [3.63, 3.8) is 0 Å². The molecule has 0 aliphatic carbocycles. The first-order valence-corrected chi connectivity index (χ1v) is 24.0. The third-order valence-corrected chi connectivity index (χ3v) is 10.3. The van der Waals surface area contributed by atoms with Crippen molar-refractivity contribution in [2.75, 3.05) is 6.61 Å². The lowest BCUT2D eigenvalue weighted by molar-refractivity contribution is -0.122. The van der Waals surface area contributed by atoms with Gasteiger partial charge in [-0.25, -0.2) is 0 Å². The zero-order chi connectivity index (χ0) is 41.4. The molecule has 3 N–H and O–H groups in total. The van der Waals surface area contributed by atoms with E-state index < -0.39 is 12.1 Å². The lowest BCUT2D eigenvalue weighted by Gasteiger charge is -2.19. The van der Waals surface area contributed by atoms with Gasteiger partial charge in [0.15, 0.2) is 0 Å². The van der Waals surface area contributed by atoms with Crippen LogP contribution in [0.15, 0.2) is 97.2 Å². The predicted octanol–water partition coefficient (Wildman–Crippen LogP) is 15.4. The van der Waals surface area contributed by atoms with Crippen LogP contribution >= 0.6 is 0 Å². The number of unbranched alkanes of at least 4 members (excludes halogenated alkanes) is 21. The molecule has 0 fully saturated rings. The molecule has 0 heterocycles. The smallest absolute Gasteiger partial charge is 0.220 e. The van der Waals surface area contributed by atoms with E-state index in [2.05, 4.69) is 104 Å². The topological polar surface area (TPSA) is 69.6 Å². The van der Waals surface area contributed by atoms with Crippen LogP contribution < -0.4 is 5.32 Å². The summed E-state index contributed by atoms with van der Waals surface area (Å²) in [5.74, 6) is -0.138. The minimum Gasteiger partial charge on any atom is -0.394 e. The summed E-state index contributed by atoms with van der Waals surface area (Å²) in [6, 6.07) is -0.682. The number of hydrogen-bond donors (Lipinski definition) is 3. The van der Waals surface area contributed by atoms with Gasteiger partial charge in [-0.3, -0.25) is 4.79 Å². The lowest BCUT2D eigenvalue weighted by Crippen LogP contribution is -2.45. The van der Waals surface area contributed by atoms with E-state index >= 15 is 0 Å². The molecule has 0 aromatic heterocycles. The number of hydrogen-bond acceptors (Lipinski definition) is 3. The maximum Gasteiger partial charge on any atom is 0.220 e. The van der Waals surface area contributed by atoms with Crippen LogP contribution in [0.5, 0.6) is 0 Å². The Morgan fingerprint density at radius 3 is 1.23 bits per heavy atom. The van der Waals surface area contributed by atoms with Crippen LogP contribution in [0.1, 0.15) is 213 Å². The van der Waals surface area contributed by atoms with Crippen molar-refractivity contribution in [2.45, 2.75) is 225 Å². The van der Waals surface area contributed by atoms with E-state index in [-0.39, 0.29) is 12.5 Å². The molecule has 0 aromatic rings. The fourth-order valence-corrected chi connectivity index (χ4v) is 6.66. The third kappa shape index (κ3) is 44.3. The maximum absolute atomic E-state index is 12.4. The van der Waals surface area contributed by atoms with Crippen molar-refractivity contribution in [1.82, 2.24) is 5.32 Å². The number of amides is 1. The Hall–Kier alpha value is -2.69. The van der Waals surface area contributed by atoms with Crippen LogP contribution in [0.2, 0.25) is 0 Å². The summed E-state index contributed by atoms with van der Waals surface area (Å²) >= 11 is 0. The molecule has 2 unspecified atom stereocenters. The van der Waals surface area contributed by atoms with Crippen molar-refractivity contribution in [3.8, 4) is 0 Å². The SMILES string of the molecule is CC/C=C\C/C=C\C/C=C\C/C=C\C/C=C\CCCC(=O)NC(CO)C(O)/C=C/CC/C=C/CC/C=C/CCCCCCCCCCCCCCCCCCCC. The number of aliphatic hydroxyl groups is 2. The molecule has 0 radical (unpaired) electrons. The van der Waals surface area contributed by atoms with Gasteiger partial charge in [-0.15, -0.1) is 0 Å². The van der Waals surface area contributed by atoms with Crippen LogP contribution in [0.4, 0.5) is 0 Å². The van der Waals surface area contributed by atoms with Gasteiger partial charge in [-0.2, -0.15) is 0 Å². The molecule has 0 bridgehead atoms. The van der Waals surface area contributed by atoms with E-state index in [9.17, 15) is 15.0 Å². The molecule has 0 aliphatic rings. The highest BCUT2D eigenvalue weighted by atomic mass is 16.3. The highest BCUT2D eigenvalue weighted by molar-refractivity contribution is 5.76. The van der Waals surface area contributed by atoms with E-state index in [1.54, 1.807) is 6.08 Å². The van der Waals surface area contributed by atoms with Gasteiger partial charge in [0.05, 0.1) is 18.8 Å². The minimum atomic E-state index is -0.900. The molecular weight excluding hydrogens is 699 g/mol. The molecule has 326 valence electrons. The first-order valence-electron chi connectivity index (χ1n) is 24.0. The maximum atomic E-state index is 12.4. The molecule has 4 nitrogen and oxygen atoms in total. The van der Waals surface area contributed by atoms with Crippen LogP contribution in [0, 0.1) is 0 Å². The van der Waals surface area contributed by atoms with E-state index in [1.165, 1.54) is 122 Å². The minimum absolute atomic E-state index is 0.138. The molecule has 0 aromatic carbocycles. The molecule has 57 heavy (non-hydrogen) atoms. The van der Waals surface area contributed by atoms with Crippen molar-refractivity contribution in [2.24, 2.45) is 0 Å². The average molecular weight is 790 g/mol. The summed E-state index contributed by atoms with van der Waals surface area (Å²) in [5.41, 5.74) is 0. The van der Waals surface area contributed by atoms with Gasteiger partial charge >= 0.3 is 0 Å². The lowest BCUT2D eigenvalue weighted by atomic mass is 10.0. The first-order chi connectivity index (χ1) is 28.2. The molecule has 4 heteroatoms. The second-order valence-corrected chi connectivity index (χ2v) is 15.8. The zero-order valence-corrected chi connectivity index (χ0v) is 37.3.